The Balaban J connectivity index is 2.06. The van der Waals surface area contributed by atoms with E-state index in [1.165, 1.54) is 6.08 Å². The molecule has 1 aliphatic rings. The number of nitrogens with zero attached hydrogens (tertiary/aromatic N) is 1. The number of aliphatic hydroxyl groups excluding tert-OH is 1. The second-order valence-electron chi connectivity index (χ2n) is 4.98. The van der Waals surface area contributed by atoms with Crippen LogP contribution >= 0.6 is 0 Å². The highest BCUT2D eigenvalue weighted by atomic mass is 16.5. The summed E-state index contributed by atoms with van der Waals surface area (Å²) in [6.07, 6.45) is 1.22. The Kier molecular flexibility index (Phi) is 4.95. The van der Waals surface area contributed by atoms with Gasteiger partial charge in [-0.15, -0.1) is 0 Å². The molecule has 0 saturated heterocycles. The van der Waals surface area contributed by atoms with E-state index in [2.05, 4.69) is 11.9 Å². The Morgan fingerprint density at radius 2 is 2.18 bits per heavy atom. The quantitative estimate of drug-likeness (QED) is 0.586. The van der Waals surface area contributed by atoms with Crippen LogP contribution < -0.4 is 10.1 Å². The Morgan fingerprint density at radius 3 is 2.86 bits per heavy atom. The minimum Gasteiger partial charge on any atom is -0.489 e. The lowest BCUT2D eigenvalue weighted by atomic mass is 10.3. The van der Waals surface area contributed by atoms with E-state index in [0.29, 0.717) is 18.0 Å². The second-order valence-corrected chi connectivity index (χ2v) is 4.98. The number of imide groups is 1. The number of hydrogen-bond acceptors (Lipinski definition) is 5. The van der Waals surface area contributed by atoms with Crippen LogP contribution in [0.3, 0.4) is 0 Å². The van der Waals surface area contributed by atoms with Crippen LogP contribution in [0, 0.1) is 0 Å². The molecule has 1 heterocycles. The summed E-state index contributed by atoms with van der Waals surface area (Å²) < 4.78 is 5.53. The van der Waals surface area contributed by atoms with E-state index in [0.717, 1.165) is 10.5 Å². The smallest absolute Gasteiger partial charge is 0.277 e. The van der Waals surface area contributed by atoms with Crippen LogP contribution in [0.2, 0.25) is 0 Å². The third-order valence-electron chi connectivity index (χ3n) is 2.93. The van der Waals surface area contributed by atoms with Crippen molar-refractivity contribution >= 4 is 17.5 Å². The molecule has 0 atom stereocenters. The van der Waals surface area contributed by atoms with Crippen molar-refractivity contribution in [3.8, 4) is 5.75 Å². The van der Waals surface area contributed by atoms with E-state index in [-0.39, 0.29) is 18.8 Å². The summed E-state index contributed by atoms with van der Waals surface area (Å²) in [5.41, 5.74) is 1.71. The Labute approximate surface area is 128 Å². The lowest BCUT2D eigenvalue weighted by Crippen LogP contribution is -2.34. The fraction of sp³-hybridized carbons (Fsp3) is 0.250. The molecule has 0 saturated carbocycles. The fourth-order valence-electron chi connectivity index (χ4n) is 1.94. The van der Waals surface area contributed by atoms with Gasteiger partial charge in [0.25, 0.3) is 11.8 Å². The summed E-state index contributed by atoms with van der Waals surface area (Å²) >= 11 is 0. The van der Waals surface area contributed by atoms with Gasteiger partial charge in [0.2, 0.25) is 0 Å². The van der Waals surface area contributed by atoms with Crippen molar-refractivity contribution in [2.75, 3.05) is 25.1 Å². The van der Waals surface area contributed by atoms with Crippen LogP contribution in [0.5, 0.6) is 5.75 Å². The number of hydrogen-bond donors (Lipinski definition) is 2. The van der Waals surface area contributed by atoms with Crippen LogP contribution in [0.4, 0.5) is 5.69 Å². The molecule has 0 aliphatic carbocycles. The van der Waals surface area contributed by atoms with Crippen molar-refractivity contribution < 1.29 is 19.4 Å². The molecular weight excluding hydrogens is 284 g/mol. The Bertz CT molecular complexity index is 637. The van der Waals surface area contributed by atoms with Crippen molar-refractivity contribution in [3.05, 3.63) is 48.2 Å². The second kappa shape index (κ2) is 6.91. The molecule has 1 aliphatic heterocycles. The van der Waals surface area contributed by atoms with Gasteiger partial charge in [0, 0.05) is 17.8 Å². The van der Waals surface area contributed by atoms with Gasteiger partial charge in [-0.1, -0.05) is 12.6 Å². The molecule has 2 N–H and O–H groups in total. The van der Waals surface area contributed by atoms with E-state index in [9.17, 15) is 9.59 Å². The van der Waals surface area contributed by atoms with Gasteiger partial charge in [-0.25, -0.2) is 0 Å². The predicted octanol–water partition coefficient (Wildman–Crippen LogP) is 1.30. The average molecular weight is 302 g/mol. The highest BCUT2D eigenvalue weighted by molar-refractivity contribution is 6.17. The van der Waals surface area contributed by atoms with Crippen LogP contribution in [0.15, 0.2) is 48.2 Å². The SMILES string of the molecule is C=C(C)COc1cccc(NC2=CC(=O)N(CCO)C2=O)c1. The number of carbonyl (C=O) groups is 2. The Morgan fingerprint density at radius 1 is 1.41 bits per heavy atom. The number of rotatable bonds is 7. The molecule has 0 radical (unpaired) electrons. The number of benzene rings is 1. The van der Waals surface area contributed by atoms with Crippen LogP contribution in [0.25, 0.3) is 0 Å². The molecule has 1 aromatic rings. The van der Waals surface area contributed by atoms with E-state index in [4.69, 9.17) is 9.84 Å². The molecule has 116 valence electrons. The molecule has 0 fully saturated rings. The van der Waals surface area contributed by atoms with Crippen LogP contribution in [-0.4, -0.2) is 41.6 Å². The first-order valence-corrected chi connectivity index (χ1v) is 6.84. The summed E-state index contributed by atoms with van der Waals surface area (Å²) in [4.78, 5) is 24.7. The number of β-amino-alcohol motifs (C(OH)–C–C–N with tert-alkyl or cyclic N) is 1. The van der Waals surface area contributed by atoms with Gasteiger partial charge in [-0.3, -0.25) is 14.5 Å². The highest BCUT2D eigenvalue weighted by Gasteiger charge is 2.30. The zero-order chi connectivity index (χ0) is 16.1. The van der Waals surface area contributed by atoms with Gasteiger partial charge < -0.3 is 15.2 Å². The van der Waals surface area contributed by atoms with Crippen molar-refractivity contribution in [2.45, 2.75) is 6.92 Å². The third-order valence-corrected chi connectivity index (χ3v) is 2.93. The summed E-state index contributed by atoms with van der Waals surface area (Å²) in [5.74, 6) is -0.249. The highest BCUT2D eigenvalue weighted by Crippen LogP contribution is 2.21. The summed E-state index contributed by atoms with van der Waals surface area (Å²) in [5, 5.41) is 11.8. The van der Waals surface area contributed by atoms with Crippen molar-refractivity contribution in [3.63, 3.8) is 0 Å². The van der Waals surface area contributed by atoms with Gasteiger partial charge in [0.1, 0.15) is 18.1 Å². The third kappa shape index (κ3) is 3.73. The van der Waals surface area contributed by atoms with Crippen molar-refractivity contribution in [2.24, 2.45) is 0 Å². The maximum Gasteiger partial charge on any atom is 0.277 e. The maximum absolute atomic E-state index is 12.0. The zero-order valence-electron chi connectivity index (χ0n) is 12.3. The summed E-state index contributed by atoms with van der Waals surface area (Å²) in [6.45, 7) is 5.77. The monoisotopic (exact) mass is 302 g/mol. The number of aliphatic hydroxyl groups is 1. The van der Waals surface area contributed by atoms with Gasteiger partial charge in [-0.2, -0.15) is 0 Å². The molecule has 0 unspecified atom stereocenters. The normalized spacial score (nSPS) is 14.1. The first kappa shape index (κ1) is 15.8. The van der Waals surface area contributed by atoms with Gasteiger partial charge in [-0.05, 0) is 24.6 Å². The fourth-order valence-corrected chi connectivity index (χ4v) is 1.94. The molecule has 22 heavy (non-hydrogen) atoms. The minimum atomic E-state index is -0.452. The molecule has 0 spiro atoms. The van der Waals surface area contributed by atoms with Gasteiger partial charge in [0.05, 0.1) is 13.2 Å². The van der Waals surface area contributed by atoms with E-state index in [1.807, 2.05) is 6.92 Å². The minimum absolute atomic E-state index is 0.0128. The Hall–Kier alpha value is -2.60. The number of anilines is 1. The van der Waals surface area contributed by atoms with Crippen molar-refractivity contribution in [1.82, 2.24) is 4.90 Å². The standard InChI is InChI=1S/C16H18N2O4/c1-11(2)10-22-13-5-3-4-12(8-13)17-14-9-15(20)18(6-7-19)16(14)21/h3-5,8-9,17,19H,1,6-7,10H2,2H3. The molecule has 0 bridgehead atoms. The first-order valence-electron chi connectivity index (χ1n) is 6.84. The average Bonchev–Trinajstić information content (AvgIpc) is 2.74. The maximum atomic E-state index is 12.0. The number of carbonyl (C=O) groups excluding carboxylic acids is 2. The first-order chi connectivity index (χ1) is 10.5. The van der Waals surface area contributed by atoms with E-state index in [1.54, 1.807) is 24.3 Å². The topological polar surface area (TPSA) is 78.9 Å². The summed E-state index contributed by atoms with van der Waals surface area (Å²) in [6, 6.07) is 7.07. The lowest BCUT2D eigenvalue weighted by Gasteiger charge is -2.14. The molecule has 2 amide bonds. The largest absolute Gasteiger partial charge is 0.489 e. The lowest BCUT2D eigenvalue weighted by molar-refractivity contribution is -0.137. The molecule has 6 heteroatoms. The number of amides is 2. The van der Waals surface area contributed by atoms with Crippen LogP contribution in [-0.2, 0) is 9.59 Å². The molecular formula is C16H18N2O4. The van der Waals surface area contributed by atoms with Crippen molar-refractivity contribution in [1.29, 1.82) is 0 Å². The molecule has 2 rings (SSSR count). The zero-order valence-corrected chi connectivity index (χ0v) is 12.3. The number of nitrogens with one attached hydrogen (secondary N) is 1. The van der Waals surface area contributed by atoms with E-state index >= 15 is 0 Å². The predicted molar refractivity (Wildman–Crippen MR) is 82.3 cm³/mol. The van der Waals surface area contributed by atoms with E-state index < -0.39 is 11.8 Å². The number of ether oxygens (including phenoxy) is 1. The van der Waals surface area contributed by atoms with Gasteiger partial charge >= 0.3 is 0 Å². The van der Waals surface area contributed by atoms with Gasteiger partial charge in [0.15, 0.2) is 0 Å². The molecule has 6 nitrogen and oxygen atoms in total. The molecule has 0 aromatic heterocycles. The molecule has 1 aromatic carbocycles. The van der Waals surface area contributed by atoms with Crippen LogP contribution in [0.1, 0.15) is 6.92 Å². The summed E-state index contributed by atoms with van der Waals surface area (Å²) in [7, 11) is 0.